The molecule has 1 unspecified atom stereocenters. The summed E-state index contributed by atoms with van der Waals surface area (Å²) in [5.41, 5.74) is 3.80. The van der Waals surface area contributed by atoms with Crippen molar-refractivity contribution in [3.05, 3.63) is 77.6 Å². The normalized spacial score (nSPS) is 19.2. The number of nitrogens with one attached hydrogen (secondary N) is 1. The second kappa shape index (κ2) is 8.13. The van der Waals surface area contributed by atoms with Gasteiger partial charge in [0.15, 0.2) is 0 Å². The number of fused-ring (bicyclic) bond motifs is 1. The Morgan fingerprint density at radius 2 is 1.91 bits per heavy atom. The number of benzene rings is 2. The largest absolute Gasteiger partial charge is 0.457 e. The molecule has 2 aliphatic rings. The minimum atomic E-state index is -0.135. The first-order chi connectivity index (χ1) is 15.5. The third-order valence-electron chi connectivity index (χ3n) is 6.29. The molecule has 3 aromatic rings. The van der Waals surface area contributed by atoms with Crippen molar-refractivity contribution in [1.29, 1.82) is 0 Å². The number of carbonyl (C=O) groups excluding carboxylic acids is 2. The van der Waals surface area contributed by atoms with E-state index in [1.807, 2.05) is 72.6 Å². The molecule has 0 saturated carbocycles. The SMILES string of the molecule is CN1CCCC1N(C)C(=O)c1ccc(-c2ccc(C=C3C(=O)Nc4ccccc43)o2)cc1. The number of para-hydroxylation sites is 1. The van der Waals surface area contributed by atoms with E-state index in [4.69, 9.17) is 4.42 Å². The maximum atomic E-state index is 12.9. The third-order valence-corrected chi connectivity index (χ3v) is 6.29. The van der Waals surface area contributed by atoms with Gasteiger partial charge in [-0.1, -0.05) is 30.3 Å². The predicted octanol–water partition coefficient (Wildman–Crippen LogP) is 4.56. The van der Waals surface area contributed by atoms with E-state index in [9.17, 15) is 9.59 Å². The van der Waals surface area contributed by atoms with Crippen molar-refractivity contribution in [2.24, 2.45) is 0 Å². The monoisotopic (exact) mass is 427 g/mol. The Morgan fingerprint density at radius 3 is 2.66 bits per heavy atom. The molecule has 32 heavy (non-hydrogen) atoms. The summed E-state index contributed by atoms with van der Waals surface area (Å²) in [6.07, 6.45) is 4.03. The van der Waals surface area contributed by atoms with Gasteiger partial charge in [-0.05, 0) is 62.8 Å². The molecule has 0 aliphatic carbocycles. The van der Waals surface area contributed by atoms with Crippen LogP contribution in [0, 0.1) is 0 Å². The van der Waals surface area contributed by atoms with Crippen LogP contribution in [0.4, 0.5) is 5.69 Å². The molecule has 0 spiro atoms. The first kappa shape index (κ1) is 20.3. The quantitative estimate of drug-likeness (QED) is 0.620. The molecule has 0 radical (unpaired) electrons. The number of furan rings is 1. The van der Waals surface area contributed by atoms with Crippen LogP contribution in [0.25, 0.3) is 23.0 Å². The van der Waals surface area contributed by atoms with E-state index in [1.54, 1.807) is 6.08 Å². The molecule has 6 heteroatoms. The number of hydrogen-bond donors (Lipinski definition) is 1. The summed E-state index contributed by atoms with van der Waals surface area (Å²) in [7, 11) is 3.93. The van der Waals surface area contributed by atoms with E-state index in [1.165, 1.54) is 0 Å². The number of anilines is 1. The molecule has 2 amide bonds. The fourth-order valence-electron chi connectivity index (χ4n) is 4.51. The Kier molecular flexibility index (Phi) is 5.15. The molecular formula is C26H25N3O3. The number of likely N-dealkylation sites (tertiary alicyclic amines) is 1. The standard InChI is InChI=1S/C26H25N3O3/c1-28-15-5-8-24(28)29(2)26(31)18-11-9-17(10-12-18)23-14-13-19(32-23)16-21-20-6-3-4-7-22(20)27-25(21)30/h3-4,6-7,9-14,16,24H,5,8,15H2,1-2H3,(H,27,30). The second-order valence-electron chi connectivity index (χ2n) is 8.36. The summed E-state index contributed by atoms with van der Waals surface area (Å²) in [4.78, 5) is 29.2. The van der Waals surface area contributed by atoms with Crippen molar-refractivity contribution in [3.63, 3.8) is 0 Å². The molecule has 5 rings (SSSR count). The van der Waals surface area contributed by atoms with Crippen LogP contribution in [0.2, 0.25) is 0 Å². The fourth-order valence-corrected chi connectivity index (χ4v) is 4.51. The molecule has 2 aromatic carbocycles. The van der Waals surface area contributed by atoms with E-state index < -0.39 is 0 Å². The van der Waals surface area contributed by atoms with Crippen LogP contribution in [0.15, 0.2) is 65.1 Å². The minimum Gasteiger partial charge on any atom is -0.457 e. The first-order valence-corrected chi connectivity index (χ1v) is 10.8. The van der Waals surface area contributed by atoms with Gasteiger partial charge >= 0.3 is 0 Å². The minimum absolute atomic E-state index is 0.0195. The fraction of sp³-hybridized carbons (Fsp3) is 0.231. The van der Waals surface area contributed by atoms with Crippen molar-refractivity contribution >= 4 is 29.2 Å². The first-order valence-electron chi connectivity index (χ1n) is 10.8. The molecular weight excluding hydrogens is 402 g/mol. The second-order valence-corrected chi connectivity index (χ2v) is 8.36. The molecule has 3 heterocycles. The zero-order valence-electron chi connectivity index (χ0n) is 18.2. The number of hydrogen-bond acceptors (Lipinski definition) is 4. The third kappa shape index (κ3) is 3.63. The van der Waals surface area contributed by atoms with Crippen molar-refractivity contribution in [2.45, 2.75) is 19.0 Å². The summed E-state index contributed by atoms with van der Waals surface area (Å²) in [5, 5.41) is 2.87. The van der Waals surface area contributed by atoms with Crippen molar-refractivity contribution in [1.82, 2.24) is 9.80 Å². The van der Waals surface area contributed by atoms with Crippen LogP contribution < -0.4 is 5.32 Å². The Balaban J connectivity index is 1.34. The highest BCUT2D eigenvalue weighted by Gasteiger charge is 2.28. The summed E-state index contributed by atoms with van der Waals surface area (Å²) in [6, 6.07) is 18.8. The van der Waals surface area contributed by atoms with Gasteiger partial charge in [0.25, 0.3) is 11.8 Å². The number of rotatable bonds is 4. The van der Waals surface area contributed by atoms with Gasteiger partial charge in [-0.2, -0.15) is 0 Å². The molecule has 1 atom stereocenters. The maximum absolute atomic E-state index is 12.9. The van der Waals surface area contributed by atoms with Crippen LogP contribution >= 0.6 is 0 Å². The Bertz CT molecular complexity index is 1210. The van der Waals surface area contributed by atoms with Gasteiger partial charge in [0.05, 0.1) is 11.7 Å². The number of nitrogens with zero attached hydrogens (tertiary/aromatic N) is 2. The number of carbonyl (C=O) groups is 2. The molecule has 162 valence electrons. The van der Waals surface area contributed by atoms with Crippen LogP contribution in [0.1, 0.15) is 34.5 Å². The van der Waals surface area contributed by atoms with E-state index in [-0.39, 0.29) is 18.0 Å². The van der Waals surface area contributed by atoms with E-state index in [0.29, 0.717) is 22.7 Å². The van der Waals surface area contributed by atoms with Gasteiger partial charge in [-0.25, -0.2) is 0 Å². The Labute approximate surface area is 187 Å². The molecule has 1 saturated heterocycles. The van der Waals surface area contributed by atoms with Crippen molar-refractivity contribution < 1.29 is 14.0 Å². The molecule has 2 aliphatic heterocycles. The van der Waals surface area contributed by atoms with Gasteiger partial charge in [-0.3, -0.25) is 14.5 Å². The molecule has 1 N–H and O–H groups in total. The highest BCUT2D eigenvalue weighted by Crippen LogP contribution is 2.33. The smallest absolute Gasteiger partial charge is 0.256 e. The molecule has 6 nitrogen and oxygen atoms in total. The lowest BCUT2D eigenvalue weighted by molar-refractivity contribution is -0.110. The lowest BCUT2D eigenvalue weighted by Gasteiger charge is -2.30. The van der Waals surface area contributed by atoms with Crippen molar-refractivity contribution in [3.8, 4) is 11.3 Å². The van der Waals surface area contributed by atoms with Gasteiger partial charge in [0, 0.05) is 29.4 Å². The van der Waals surface area contributed by atoms with E-state index in [0.717, 1.165) is 36.2 Å². The molecule has 1 aromatic heterocycles. The average Bonchev–Trinajstić information content (AvgIpc) is 3.53. The summed E-state index contributed by atoms with van der Waals surface area (Å²) >= 11 is 0. The van der Waals surface area contributed by atoms with E-state index in [2.05, 4.69) is 17.3 Å². The van der Waals surface area contributed by atoms with E-state index >= 15 is 0 Å². The lowest BCUT2D eigenvalue weighted by atomic mass is 10.1. The Hall–Kier alpha value is -3.64. The van der Waals surface area contributed by atoms with Gasteiger partial charge in [0.2, 0.25) is 0 Å². The average molecular weight is 428 g/mol. The predicted molar refractivity (Wildman–Crippen MR) is 125 cm³/mol. The van der Waals surface area contributed by atoms with Crippen molar-refractivity contribution in [2.75, 3.05) is 26.0 Å². The van der Waals surface area contributed by atoms with Gasteiger partial charge in [0.1, 0.15) is 11.5 Å². The lowest BCUT2D eigenvalue weighted by Crippen LogP contribution is -2.43. The van der Waals surface area contributed by atoms with Gasteiger partial charge < -0.3 is 14.6 Å². The van der Waals surface area contributed by atoms with Crippen LogP contribution in [-0.2, 0) is 4.79 Å². The van der Waals surface area contributed by atoms with Crippen LogP contribution in [0.3, 0.4) is 0 Å². The highest BCUT2D eigenvalue weighted by atomic mass is 16.3. The summed E-state index contributed by atoms with van der Waals surface area (Å²) < 4.78 is 5.98. The van der Waals surface area contributed by atoms with Crippen LogP contribution in [0.5, 0.6) is 0 Å². The molecule has 1 fully saturated rings. The zero-order valence-corrected chi connectivity index (χ0v) is 18.2. The molecule has 0 bridgehead atoms. The zero-order chi connectivity index (χ0) is 22.2. The summed E-state index contributed by atoms with van der Waals surface area (Å²) in [6.45, 7) is 1.02. The maximum Gasteiger partial charge on any atom is 0.256 e. The van der Waals surface area contributed by atoms with Gasteiger partial charge in [-0.15, -0.1) is 0 Å². The topological polar surface area (TPSA) is 65.8 Å². The Morgan fingerprint density at radius 1 is 1.12 bits per heavy atom. The summed E-state index contributed by atoms with van der Waals surface area (Å²) in [5.74, 6) is 1.17. The van der Waals surface area contributed by atoms with Crippen LogP contribution in [-0.4, -0.2) is 48.4 Å². The highest BCUT2D eigenvalue weighted by molar-refractivity contribution is 6.34. The number of amides is 2.